The molecule has 2 aliphatic rings. The van der Waals surface area contributed by atoms with Gasteiger partial charge in [0.1, 0.15) is 0 Å². The average molecular weight is 257 g/mol. The molecule has 0 heterocycles. The van der Waals surface area contributed by atoms with Crippen molar-refractivity contribution in [2.45, 2.75) is 45.6 Å². The van der Waals surface area contributed by atoms with E-state index in [9.17, 15) is 4.79 Å². The number of rotatable bonds is 3. The number of aryl methyl sites for hydroxylation is 1. The van der Waals surface area contributed by atoms with Crippen LogP contribution < -0.4 is 5.32 Å². The van der Waals surface area contributed by atoms with Gasteiger partial charge in [-0.15, -0.1) is 0 Å². The van der Waals surface area contributed by atoms with Crippen molar-refractivity contribution in [3.8, 4) is 0 Å². The normalized spacial score (nSPS) is 30.3. The van der Waals surface area contributed by atoms with Crippen LogP contribution in [0.25, 0.3) is 0 Å². The van der Waals surface area contributed by atoms with Gasteiger partial charge >= 0.3 is 0 Å². The van der Waals surface area contributed by atoms with Crippen LogP contribution in [0.5, 0.6) is 0 Å². The van der Waals surface area contributed by atoms with E-state index in [1.54, 1.807) is 0 Å². The van der Waals surface area contributed by atoms with Gasteiger partial charge in [0.15, 0.2) is 0 Å². The summed E-state index contributed by atoms with van der Waals surface area (Å²) in [6, 6.07) is 8.14. The molecule has 19 heavy (non-hydrogen) atoms. The Hall–Kier alpha value is -1.31. The topological polar surface area (TPSA) is 29.1 Å². The van der Waals surface area contributed by atoms with E-state index in [2.05, 4.69) is 12.2 Å². The molecular weight excluding hydrogens is 234 g/mol. The Bertz CT molecular complexity index is 482. The van der Waals surface area contributed by atoms with E-state index in [0.29, 0.717) is 12.0 Å². The number of hydrogen-bond acceptors (Lipinski definition) is 1. The smallest absolute Gasteiger partial charge is 0.251 e. The lowest BCUT2D eigenvalue weighted by molar-refractivity contribution is 0.0915. The standard InChI is InChI=1S/C17H23NO/c1-11-4-3-5-15(8-11)17(19)18-12(2)16-10-13-6-7-14(16)9-13/h3-5,8,12-14,16H,6-7,9-10H2,1-2H3,(H,18,19)/t12-,13+,14-,16+/m0/s1. The van der Waals surface area contributed by atoms with Crippen molar-refractivity contribution in [1.82, 2.24) is 5.32 Å². The summed E-state index contributed by atoms with van der Waals surface area (Å²) in [7, 11) is 0. The highest BCUT2D eigenvalue weighted by Gasteiger charge is 2.42. The van der Waals surface area contributed by atoms with Crippen molar-refractivity contribution < 1.29 is 4.79 Å². The molecule has 4 atom stereocenters. The second-order valence-corrected chi connectivity index (χ2v) is 6.47. The molecule has 2 heteroatoms. The minimum Gasteiger partial charge on any atom is -0.349 e. The summed E-state index contributed by atoms with van der Waals surface area (Å²) in [5.41, 5.74) is 1.93. The lowest BCUT2D eigenvalue weighted by atomic mass is 9.84. The first kappa shape index (κ1) is 12.7. The minimum absolute atomic E-state index is 0.0824. The van der Waals surface area contributed by atoms with E-state index in [0.717, 1.165) is 23.0 Å². The van der Waals surface area contributed by atoms with Gasteiger partial charge in [-0.1, -0.05) is 24.1 Å². The molecule has 0 spiro atoms. The SMILES string of the molecule is Cc1cccc(C(=O)N[C@@H](C)[C@H]2C[C@@H]3CC[C@H]2C3)c1. The van der Waals surface area contributed by atoms with Gasteiger partial charge in [0.05, 0.1) is 0 Å². The van der Waals surface area contributed by atoms with Crippen LogP contribution in [-0.4, -0.2) is 11.9 Å². The molecule has 0 saturated heterocycles. The zero-order valence-electron chi connectivity index (χ0n) is 11.9. The van der Waals surface area contributed by atoms with Crippen LogP contribution in [0.2, 0.25) is 0 Å². The first-order valence-corrected chi connectivity index (χ1v) is 7.51. The molecule has 0 aromatic heterocycles. The highest BCUT2D eigenvalue weighted by molar-refractivity contribution is 5.94. The summed E-state index contributed by atoms with van der Waals surface area (Å²) in [5, 5.41) is 3.21. The number of hydrogen-bond donors (Lipinski definition) is 1. The zero-order valence-corrected chi connectivity index (χ0v) is 11.9. The van der Waals surface area contributed by atoms with Crippen molar-refractivity contribution in [3.05, 3.63) is 35.4 Å². The maximum absolute atomic E-state index is 12.3. The monoisotopic (exact) mass is 257 g/mol. The van der Waals surface area contributed by atoms with E-state index < -0.39 is 0 Å². The van der Waals surface area contributed by atoms with E-state index >= 15 is 0 Å². The van der Waals surface area contributed by atoms with E-state index in [-0.39, 0.29) is 5.91 Å². The fraction of sp³-hybridized carbons (Fsp3) is 0.588. The second kappa shape index (κ2) is 4.99. The van der Waals surface area contributed by atoms with Gasteiger partial charge in [0, 0.05) is 11.6 Å². The largest absolute Gasteiger partial charge is 0.349 e. The van der Waals surface area contributed by atoms with Crippen molar-refractivity contribution in [2.75, 3.05) is 0 Å². The molecule has 2 aliphatic carbocycles. The molecule has 0 aliphatic heterocycles. The van der Waals surface area contributed by atoms with Gasteiger partial charge in [-0.25, -0.2) is 0 Å². The molecule has 1 N–H and O–H groups in total. The molecule has 0 radical (unpaired) electrons. The number of amides is 1. The van der Waals surface area contributed by atoms with Gasteiger partial charge in [0.2, 0.25) is 0 Å². The van der Waals surface area contributed by atoms with Gasteiger partial charge in [-0.3, -0.25) is 4.79 Å². The summed E-state index contributed by atoms with van der Waals surface area (Å²) < 4.78 is 0. The van der Waals surface area contributed by atoms with Crippen LogP contribution in [0.4, 0.5) is 0 Å². The molecule has 2 fully saturated rings. The van der Waals surface area contributed by atoms with Crippen LogP contribution in [0.3, 0.4) is 0 Å². The van der Waals surface area contributed by atoms with Crippen LogP contribution >= 0.6 is 0 Å². The number of carbonyl (C=O) groups is 1. The first-order chi connectivity index (χ1) is 9.13. The summed E-state index contributed by atoms with van der Waals surface area (Å²) in [5.74, 6) is 2.58. The third-order valence-corrected chi connectivity index (χ3v) is 5.07. The molecule has 1 aromatic rings. The number of benzene rings is 1. The van der Waals surface area contributed by atoms with Crippen molar-refractivity contribution >= 4 is 5.91 Å². The number of nitrogens with one attached hydrogen (secondary N) is 1. The van der Waals surface area contributed by atoms with Gasteiger partial charge in [0.25, 0.3) is 5.91 Å². The zero-order chi connectivity index (χ0) is 13.4. The second-order valence-electron chi connectivity index (χ2n) is 6.47. The molecule has 2 saturated carbocycles. The maximum Gasteiger partial charge on any atom is 0.251 e. The molecule has 1 aromatic carbocycles. The summed E-state index contributed by atoms with van der Waals surface area (Å²) in [4.78, 5) is 12.3. The Morgan fingerprint density at radius 2 is 2.16 bits per heavy atom. The van der Waals surface area contributed by atoms with Crippen LogP contribution in [0.1, 0.15) is 48.5 Å². The molecule has 1 amide bonds. The molecule has 2 nitrogen and oxygen atoms in total. The summed E-state index contributed by atoms with van der Waals surface area (Å²) in [6.45, 7) is 4.20. The number of fused-ring (bicyclic) bond motifs is 2. The Labute approximate surface area is 115 Å². The lowest BCUT2D eigenvalue weighted by Gasteiger charge is -2.28. The highest BCUT2D eigenvalue weighted by atomic mass is 16.1. The lowest BCUT2D eigenvalue weighted by Crippen LogP contribution is -2.40. The van der Waals surface area contributed by atoms with Crippen molar-refractivity contribution in [3.63, 3.8) is 0 Å². The fourth-order valence-corrected chi connectivity index (χ4v) is 4.09. The van der Waals surface area contributed by atoms with Gasteiger partial charge in [-0.2, -0.15) is 0 Å². The van der Waals surface area contributed by atoms with Gasteiger partial charge in [-0.05, 0) is 63.0 Å². The molecule has 0 unspecified atom stereocenters. The number of carbonyl (C=O) groups excluding carboxylic acids is 1. The predicted molar refractivity (Wildman–Crippen MR) is 77.0 cm³/mol. The molecule has 2 bridgehead atoms. The quantitative estimate of drug-likeness (QED) is 0.881. The van der Waals surface area contributed by atoms with Crippen LogP contribution in [0, 0.1) is 24.7 Å². The first-order valence-electron chi connectivity index (χ1n) is 7.51. The Morgan fingerprint density at radius 1 is 1.32 bits per heavy atom. The average Bonchev–Trinajstić information content (AvgIpc) is 3.00. The van der Waals surface area contributed by atoms with Gasteiger partial charge < -0.3 is 5.32 Å². The maximum atomic E-state index is 12.3. The predicted octanol–water partition coefficient (Wildman–Crippen LogP) is 3.55. The minimum atomic E-state index is 0.0824. The van der Waals surface area contributed by atoms with Crippen molar-refractivity contribution in [2.24, 2.45) is 17.8 Å². The Morgan fingerprint density at radius 3 is 2.79 bits per heavy atom. The molecule has 3 rings (SSSR count). The van der Waals surface area contributed by atoms with E-state index in [1.807, 2.05) is 31.2 Å². The highest BCUT2D eigenvalue weighted by Crippen LogP contribution is 2.49. The molecule has 102 valence electrons. The van der Waals surface area contributed by atoms with E-state index in [1.165, 1.54) is 25.7 Å². The molecular formula is C17H23NO. The summed E-state index contributed by atoms with van der Waals surface area (Å²) in [6.07, 6.45) is 5.51. The third kappa shape index (κ3) is 2.54. The Balaban J connectivity index is 1.63. The van der Waals surface area contributed by atoms with Crippen molar-refractivity contribution in [1.29, 1.82) is 0 Å². The van der Waals surface area contributed by atoms with E-state index in [4.69, 9.17) is 0 Å². The third-order valence-electron chi connectivity index (χ3n) is 5.07. The van der Waals surface area contributed by atoms with Crippen LogP contribution in [0.15, 0.2) is 24.3 Å². The summed E-state index contributed by atoms with van der Waals surface area (Å²) >= 11 is 0. The Kier molecular flexibility index (Phi) is 3.34. The fourth-order valence-electron chi connectivity index (χ4n) is 4.09. The van der Waals surface area contributed by atoms with Crippen LogP contribution in [-0.2, 0) is 0 Å².